The number of hydrogen-bond donors (Lipinski definition) is 1. The summed E-state index contributed by atoms with van der Waals surface area (Å²) in [5, 5.41) is 8.12. The number of benzene rings is 2. The molecule has 0 fully saturated rings. The maximum Gasteiger partial charge on any atom is 0.226 e. The second kappa shape index (κ2) is 6.91. The van der Waals surface area contributed by atoms with Gasteiger partial charge in [-0.3, -0.25) is 9.59 Å². The van der Waals surface area contributed by atoms with Gasteiger partial charge in [-0.05, 0) is 56.7 Å². The molecule has 0 bridgehead atoms. The number of Topliss-reactive ketones (excluding diaryl/α,β-unsaturated/α-hetero) is 1. The van der Waals surface area contributed by atoms with Crippen LogP contribution >= 0.6 is 11.6 Å². The maximum absolute atomic E-state index is 13.4. The standard InChI is InChI=1S/C22H20ClN3O2/c1-12-4-5-13(2)17(10-12)21(28)18-11-19(27)24-22-20(18)14(3)25-26(22)16-8-6-15(23)7-9-16/h4-10,18H,11H2,1-3H3,(H,24,27)/t18-/m1/s1. The van der Waals surface area contributed by atoms with Gasteiger partial charge >= 0.3 is 0 Å². The van der Waals surface area contributed by atoms with Gasteiger partial charge in [0.05, 0.1) is 17.3 Å². The zero-order chi connectivity index (χ0) is 20.0. The van der Waals surface area contributed by atoms with Crippen molar-refractivity contribution in [3.63, 3.8) is 0 Å². The summed E-state index contributed by atoms with van der Waals surface area (Å²) < 4.78 is 1.67. The molecule has 1 aromatic heterocycles. The van der Waals surface area contributed by atoms with Gasteiger partial charge in [0.1, 0.15) is 5.82 Å². The Morgan fingerprint density at radius 2 is 1.86 bits per heavy atom. The summed E-state index contributed by atoms with van der Waals surface area (Å²) in [6, 6.07) is 13.0. The van der Waals surface area contributed by atoms with Crippen LogP contribution in [-0.4, -0.2) is 21.5 Å². The van der Waals surface area contributed by atoms with E-state index in [0.29, 0.717) is 16.4 Å². The number of aromatic nitrogens is 2. The summed E-state index contributed by atoms with van der Waals surface area (Å²) in [5.41, 5.74) is 4.86. The molecule has 0 spiro atoms. The number of aryl methyl sites for hydroxylation is 3. The van der Waals surface area contributed by atoms with Crippen LogP contribution in [-0.2, 0) is 4.79 Å². The van der Waals surface area contributed by atoms with Gasteiger partial charge in [-0.25, -0.2) is 4.68 Å². The van der Waals surface area contributed by atoms with Gasteiger partial charge in [0.25, 0.3) is 0 Å². The number of carbonyl (C=O) groups excluding carboxylic acids is 2. The molecule has 2 heterocycles. The Hall–Kier alpha value is -2.92. The van der Waals surface area contributed by atoms with Crippen LogP contribution in [0.1, 0.15) is 45.1 Å². The van der Waals surface area contributed by atoms with Crippen LogP contribution in [0.15, 0.2) is 42.5 Å². The minimum atomic E-state index is -0.551. The molecular weight excluding hydrogens is 374 g/mol. The van der Waals surface area contributed by atoms with Crippen molar-refractivity contribution >= 4 is 29.1 Å². The van der Waals surface area contributed by atoms with Crippen molar-refractivity contribution in [1.82, 2.24) is 9.78 Å². The fourth-order valence-corrected chi connectivity index (χ4v) is 3.86. The maximum atomic E-state index is 13.4. The van der Waals surface area contributed by atoms with E-state index in [9.17, 15) is 9.59 Å². The zero-order valence-electron chi connectivity index (χ0n) is 15.9. The molecular formula is C22H20ClN3O2. The number of fused-ring (bicyclic) bond motifs is 1. The smallest absolute Gasteiger partial charge is 0.226 e. The minimum absolute atomic E-state index is 0.0453. The van der Waals surface area contributed by atoms with Crippen molar-refractivity contribution < 1.29 is 9.59 Å². The second-order valence-electron chi connectivity index (χ2n) is 7.22. The molecule has 1 aliphatic rings. The monoisotopic (exact) mass is 393 g/mol. The van der Waals surface area contributed by atoms with Crippen molar-refractivity contribution in [2.45, 2.75) is 33.1 Å². The number of anilines is 1. The van der Waals surface area contributed by atoms with E-state index in [1.807, 2.05) is 51.1 Å². The lowest BCUT2D eigenvalue weighted by Gasteiger charge is -2.24. The number of ketones is 1. The molecule has 142 valence electrons. The highest BCUT2D eigenvalue weighted by Crippen LogP contribution is 2.38. The first-order chi connectivity index (χ1) is 13.3. The summed E-state index contributed by atoms with van der Waals surface area (Å²) in [6.07, 6.45) is 0.117. The van der Waals surface area contributed by atoms with Gasteiger partial charge in [-0.15, -0.1) is 0 Å². The largest absolute Gasteiger partial charge is 0.310 e. The van der Waals surface area contributed by atoms with Crippen LogP contribution < -0.4 is 5.32 Å². The van der Waals surface area contributed by atoms with E-state index >= 15 is 0 Å². The number of nitrogens with one attached hydrogen (secondary N) is 1. The third-order valence-corrected chi connectivity index (χ3v) is 5.40. The van der Waals surface area contributed by atoms with Gasteiger partial charge in [0, 0.05) is 22.6 Å². The molecule has 0 unspecified atom stereocenters. The van der Waals surface area contributed by atoms with Gasteiger partial charge in [-0.1, -0.05) is 29.3 Å². The molecule has 4 rings (SSSR count). The first-order valence-electron chi connectivity index (χ1n) is 9.12. The first-order valence-corrected chi connectivity index (χ1v) is 9.49. The van der Waals surface area contributed by atoms with E-state index in [-0.39, 0.29) is 18.1 Å². The molecule has 1 atom stereocenters. The highest BCUT2D eigenvalue weighted by atomic mass is 35.5. The molecule has 6 heteroatoms. The number of amides is 1. The highest BCUT2D eigenvalue weighted by molar-refractivity contribution is 6.30. The molecule has 0 saturated heterocycles. The first kappa shape index (κ1) is 18.4. The van der Waals surface area contributed by atoms with Gasteiger partial charge < -0.3 is 5.32 Å². The summed E-state index contributed by atoms with van der Waals surface area (Å²) >= 11 is 5.99. The Kier molecular flexibility index (Phi) is 4.55. The number of hydrogen-bond acceptors (Lipinski definition) is 3. The molecule has 0 aliphatic carbocycles. The summed E-state index contributed by atoms with van der Waals surface area (Å²) in [5.74, 6) is -0.229. The molecule has 3 aromatic rings. The van der Waals surface area contributed by atoms with Gasteiger partial charge in [0.2, 0.25) is 5.91 Å². The van der Waals surface area contributed by atoms with Crippen molar-refractivity contribution in [2.75, 3.05) is 5.32 Å². The van der Waals surface area contributed by atoms with E-state index in [4.69, 9.17) is 11.6 Å². The fraction of sp³-hybridized carbons (Fsp3) is 0.227. The fourth-order valence-electron chi connectivity index (χ4n) is 3.73. The Morgan fingerprint density at radius 3 is 2.57 bits per heavy atom. The normalized spacial score (nSPS) is 15.9. The highest BCUT2D eigenvalue weighted by Gasteiger charge is 2.36. The van der Waals surface area contributed by atoms with E-state index in [1.54, 1.807) is 16.8 Å². The lowest BCUT2D eigenvalue weighted by Crippen LogP contribution is -2.28. The van der Waals surface area contributed by atoms with Crippen LogP contribution in [0.4, 0.5) is 5.82 Å². The number of halogens is 1. The van der Waals surface area contributed by atoms with Crippen molar-refractivity contribution in [1.29, 1.82) is 0 Å². The van der Waals surface area contributed by atoms with E-state index < -0.39 is 5.92 Å². The van der Waals surface area contributed by atoms with Crippen LogP contribution in [0.25, 0.3) is 5.69 Å². The van der Waals surface area contributed by atoms with Crippen molar-refractivity contribution in [3.05, 3.63) is 75.4 Å². The van der Waals surface area contributed by atoms with E-state index in [1.165, 1.54) is 0 Å². The Bertz CT molecular complexity index is 1100. The van der Waals surface area contributed by atoms with E-state index in [0.717, 1.165) is 28.1 Å². The molecule has 1 aliphatic heterocycles. The minimum Gasteiger partial charge on any atom is -0.310 e. The lowest BCUT2D eigenvalue weighted by molar-refractivity contribution is -0.116. The quantitative estimate of drug-likeness (QED) is 0.652. The summed E-state index contributed by atoms with van der Waals surface area (Å²) in [6.45, 7) is 5.74. The third-order valence-electron chi connectivity index (χ3n) is 5.15. The van der Waals surface area contributed by atoms with Crippen LogP contribution in [0.2, 0.25) is 5.02 Å². The lowest BCUT2D eigenvalue weighted by atomic mass is 9.84. The van der Waals surface area contributed by atoms with Gasteiger partial charge in [-0.2, -0.15) is 5.10 Å². The zero-order valence-corrected chi connectivity index (χ0v) is 16.7. The topological polar surface area (TPSA) is 64.0 Å². The number of nitrogens with zero attached hydrogens (tertiary/aromatic N) is 2. The summed E-state index contributed by atoms with van der Waals surface area (Å²) in [4.78, 5) is 25.8. The van der Waals surface area contributed by atoms with E-state index in [2.05, 4.69) is 10.4 Å². The second-order valence-corrected chi connectivity index (χ2v) is 7.66. The van der Waals surface area contributed by atoms with Gasteiger partial charge in [0.15, 0.2) is 5.78 Å². The molecule has 5 nitrogen and oxygen atoms in total. The predicted octanol–water partition coefficient (Wildman–Crippen LogP) is 4.76. The average Bonchev–Trinajstić information content (AvgIpc) is 2.99. The number of carbonyl (C=O) groups is 2. The molecule has 0 radical (unpaired) electrons. The summed E-state index contributed by atoms with van der Waals surface area (Å²) in [7, 11) is 0. The predicted molar refractivity (Wildman–Crippen MR) is 110 cm³/mol. The molecule has 2 aromatic carbocycles. The average molecular weight is 394 g/mol. The molecule has 1 N–H and O–H groups in total. The van der Waals surface area contributed by atoms with Crippen LogP contribution in [0.5, 0.6) is 0 Å². The third kappa shape index (κ3) is 3.12. The molecule has 1 amide bonds. The van der Waals surface area contributed by atoms with Crippen molar-refractivity contribution in [2.24, 2.45) is 0 Å². The van der Waals surface area contributed by atoms with Crippen molar-refractivity contribution in [3.8, 4) is 5.69 Å². The SMILES string of the molecule is Cc1ccc(C)c(C(=O)[C@@H]2CC(=O)Nc3c2c(C)nn3-c2ccc(Cl)cc2)c1. The molecule has 0 saturated carbocycles. The van der Waals surface area contributed by atoms with Crippen LogP contribution in [0.3, 0.4) is 0 Å². The molecule has 28 heavy (non-hydrogen) atoms. The Labute approximate surface area is 168 Å². The Balaban J connectivity index is 1.83. The Morgan fingerprint density at radius 1 is 1.14 bits per heavy atom. The van der Waals surface area contributed by atoms with Crippen LogP contribution in [0, 0.1) is 20.8 Å². The number of rotatable bonds is 3.